The molecule has 0 saturated heterocycles. The third kappa shape index (κ3) is 2.73. The lowest BCUT2D eigenvalue weighted by Crippen LogP contribution is -2.12. The number of carbonyl (C=O) groups is 1. The number of carbonyl (C=O) groups excluding carboxylic acids is 1. The predicted octanol–water partition coefficient (Wildman–Crippen LogP) is 2.70. The lowest BCUT2D eigenvalue weighted by Gasteiger charge is -2.08. The van der Waals surface area contributed by atoms with Crippen molar-refractivity contribution in [3.8, 4) is 0 Å². The Morgan fingerprint density at radius 2 is 2.16 bits per heavy atom. The molecule has 2 aromatic heterocycles. The van der Waals surface area contributed by atoms with E-state index in [0.29, 0.717) is 5.56 Å². The summed E-state index contributed by atoms with van der Waals surface area (Å²) in [5, 5.41) is 3.66. The van der Waals surface area contributed by atoms with Crippen LogP contribution in [0.1, 0.15) is 34.2 Å². The minimum absolute atomic E-state index is 0.0211. The number of rotatable bonds is 4. The monoisotopic (exact) mass is 279 g/mol. The van der Waals surface area contributed by atoms with Gasteiger partial charge in [-0.25, -0.2) is 0 Å². The minimum atomic E-state index is -0.493. The second-order valence-corrected chi connectivity index (χ2v) is 5.53. The van der Waals surface area contributed by atoms with Gasteiger partial charge in [0.25, 0.3) is 0 Å². The van der Waals surface area contributed by atoms with E-state index in [-0.39, 0.29) is 5.78 Å². The predicted molar refractivity (Wildman–Crippen MR) is 75.9 cm³/mol. The molecule has 0 aliphatic rings. The van der Waals surface area contributed by atoms with Gasteiger partial charge in [-0.2, -0.15) is 5.10 Å². The third-order valence-corrected chi connectivity index (χ3v) is 3.50. The van der Waals surface area contributed by atoms with Crippen LogP contribution in [-0.2, 0) is 13.6 Å². The molecule has 4 nitrogen and oxygen atoms in total. The van der Waals surface area contributed by atoms with Crippen LogP contribution in [0.5, 0.6) is 0 Å². The molecule has 0 bridgehead atoms. The van der Waals surface area contributed by atoms with Gasteiger partial charge >= 0.3 is 0 Å². The fourth-order valence-corrected chi connectivity index (χ4v) is 2.36. The number of nitrogens with zero attached hydrogens (tertiary/aromatic N) is 3. The third-order valence-electron chi connectivity index (χ3n) is 3.30. The average Bonchev–Trinajstić information content (AvgIpc) is 2.87. The Balaban J connectivity index is 2.34. The standard InChI is InChI=1S/C14H18ClN3O/c1-9-5-13(14(19)10(2)15)11(3)18(9)8-12-6-16-17(4)7-12/h5-7,10H,8H2,1-4H3. The molecule has 1 atom stereocenters. The average molecular weight is 280 g/mol. The first-order valence-electron chi connectivity index (χ1n) is 6.22. The van der Waals surface area contributed by atoms with E-state index in [1.54, 1.807) is 11.6 Å². The topological polar surface area (TPSA) is 39.8 Å². The van der Waals surface area contributed by atoms with Gasteiger partial charge in [0.15, 0.2) is 5.78 Å². The molecule has 0 aliphatic heterocycles. The highest BCUT2D eigenvalue weighted by Gasteiger charge is 2.19. The van der Waals surface area contributed by atoms with Gasteiger partial charge in [0.1, 0.15) is 0 Å². The molecule has 2 rings (SSSR count). The Hall–Kier alpha value is -1.55. The zero-order chi connectivity index (χ0) is 14.2. The summed E-state index contributed by atoms with van der Waals surface area (Å²) >= 11 is 5.89. The summed E-state index contributed by atoms with van der Waals surface area (Å²) < 4.78 is 3.89. The van der Waals surface area contributed by atoms with E-state index in [1.165, 1.54) is 0 Å². The van der Waals surface area contributed by atoms with Crippen LogP contribution in [0.25, 0.3) is 0 Å². The normalized spacial score (nSPS) is 12.7. The smallest absolute Gasteiger partial charge is 0.182 e. The van der Waals surface area contributed by atoms with E-state index in [1.807, 2.05) is 39.4 Å². The number of hydrogen-bond acceptors (Lipinski definition) is 2. The maximum Gasteiger partial charge on any atom is 0.182 e. The van der Waals surface area contributed by atoms with Gasteiger partial charge in [-0.3, -0.25) is 9.48 Å². The molecular formula is C14H18ClN3O. The highest BCUT2D eigenvalue weighted by atomic mass is 35.5. The van der Waals surface area contributed by atoms with Crippen molar-refractivity contribution in [2.24, 2.45) is 7.05 Å². The molecule has 0 spiro atoms. The van der Waals surface area contributed by atoms with Gasteiger partial charge in [-0.15, -0.1) is 11.6 Å². The summed E-state index contributed by atoms with van der Waals surface area (Å²) in [5.74, 6) is -0.0211. The summed E-state index contributed by atoms with van der Waals surface area (Å²) in [6.45, 7) is 6.38. The van der Waals surface area contributed by atoms with Crippen LogP contribution >= 0.6 is 11.6 Å². The second kappa shape index (κ2) is 5.21. The first-order chi connectivity index (χ1) is 8.90. The van der Waals surface area contributed by atoms with Crippen LogP contribution < -0.4 is 0 Å². The Bertz CT molecular complexity index is 610. The molecule has 0 radical (unpaired) electrons. The Labute approximate surface area is 118 Å². The molecular weight excluding hydrogens is 262 g/mol. The molecule has 0 aliphatic carbocycles. The second-order valence-electron chi connectivity index (χ2n) is 4.87. The van der Waals surface area contributed by atoms with Gasteiger partial charge in [-0.05, 0) is 26.8 Å². The van der Waals surface area contributed by atoms with E-state index in [4.69, 9.17) is 11.6 Å². The number of aromatic nitrogens is 3. The molecule has 0 fully saturated rings. The lowest BCUT2D eigenvalue weighted by molar-refractivity contribution is 0.0991. The van der Waals surface area contributed by atoms with E-state index >= 15 is 0 Å². The highest BCUT2D eigenvalue weighted by Crippen LogP contribution is 2.19. The molecule has 102 valence electrons. The zero-order valence-corrected chi connectivity index (χ0v) is 12.4. The molecule has 0 N–H and O–H groups in total. The molecule has 1 unspecified atom stereocenters. The minimum Gasteiger partial charge on any atom is -0.344 e. The van der Waals surface area contributed by atoms with Gasteiger partial charge < -0.3 is 4.57 Å². The first-order valence-corrected chi connectivity index (χ1v) is 6.66. The van der Waals surface area contributed by atoms with Gasteiger partial charge in [0.05, 0.1) is 18.1 Å². The highest BCUT2D eigenvalue weighted by molar-refractivity contribution is 6.33. The Kier molecular flexibility index (Phi) is 3.80. The Morgan fingerprint density at radius 3 is 2.68 bits per heavy atom. The van der Waals surface area contributed by atoms with Crippen molar-refractivity contribution >= 4 is 17.4 Å². The van der Waals surface area contributed by atoms with Crippen LogP contribution in [0.2, 0.25) is 0 Å². The number of hydrogen-bond donors (Lipinski definition) is 0. The lowest BCUT2D eigenvalue weighted by atomic mass is 10.1. The van der Waals surface area contributed by atoms with E-state index in [9.17, 15) is 4.79 Å². The number of Topliss-reactive ketones (excluding diaryl/α,β-unsaturated/α-hetero) is 1. The van der Waals surface area contributed by atoms with Crippen molar-refractivity contribution in [2.45, 2.75) is 32.7 Å². The Morgan fingerprint density at radius 1 is 1.47 bits per heavy atom. The van der Waals surface area contributed by atoms with Crippen LogP contribution in [-0.4, -0.2) is 25.5 Å². The van der Waals surface area contributed by atoms with E-state index < -0.39 is 5.38 Å². The maximum atomic E-state index is 12.0. The van der Waals surface area contributed by atoms with Crippen LogP contribution in [0.15, 0.2) is 18.5 Å². The molecule has 0 amide bonds. The van der Waals surface area contributed by atoms with Crippen LogP contribution in [0.4, 0.5) is 0 Å². The van der Waals surface area contributed by atoms with E-state index in [2.05, 4.69) is 9.67 Å². The molecule has 2 heterocycles. The van der Waals surface area contributed by atoms with Gasteiger partial charge in [0, 0.05) is 35.8 Å². The van der Waals surface area contributed by atoms with Crippen molar-refractivity contribution in [1.29, 1.82) is 0 Å². The first kappa shape index (κ1) is 13.9. The summed E-state index contributed by atoms with van der Waals surface area (Å²) in [6.07, 6.45) is 3.81. The fraction of sp³-hybridized carbons (Fsp3) is 0.429. The van der Waals surface area contributed by atoms with Crippen molar-refractivity contribution in [3.63, 3.8) is 0 Å². The fourth-order valence-electron chi connectivity index (χ4n) is 2.24. The maximum absolute atomic E-state index is 12.0. The number of halogens is 1. The number of ketones is 1. The number of alkyl halides is 1. The van der Waals surface area contributed by atoms with Crippen molar-refractivity contribution in [1.82, 2.24) is 14.3 Å². The van der Waals surface area contributed by atoms with Crippen LogP contribution in [0.3, 0.4) is 0 Å². The molecule has 5 heteroatoms. The van der Waals surface area contributed by atoms with Gasteiger partial charge in [0.2, 0.25) is 0 Å². The number of aryl methyl sites for hydroxylation is 2. The summed E-state index contributed by atoms with van der Waals surface area (Å²) in [5.41, 5.74) is 3.84. The molecule has 0 saturated carbocycles. The SMILES string of the molecule is Cc1cc(C(=O)C(C)Cl)c(C)n1Cc1cnn(C)c1. The molecule has 0 aromatic carbocycles. The summed E-state index contributed by atoms with van der Waals surface area (Å²) in [7, 11) is 1.89. The van der Waals surface area contributed by atoms with Crippen LogP contribution in [0, 0.1) is 13.8 Å². The largest absolute Gasteiger partial charge is 0.344 e. The van der Waals surface area contributed by atoms with E-state index in [0.717, 1.165) is 23.5 Å². The molecule has 2 aromatic rings. The van der Waals surface area contributed by atoms with Crippen molar-refractivity contribution in [3.05, 3.63) is 41.0 Å². The van der Waals surface area contributed by atoms with Crippen molar-refractivity contribution < 1.29 is 4.79 Å². The van der Waals surface area contributed by atoms with Gasteiger partial charge in [-0.1, -0.05) is 0 Å². The summed E-state index contributed by atoms with van der Waals surface area (Å²) in [4.78, 5) is 12.0. The summed E-state index contributed by atoms with van der Waals surface area (Å²) in [6, 6.07) is 1.91. The zero-order valence-electron chi connectivity index (χ0n) is 11.6. The quantitative estimate of drug-likeness (QED) is 0.638. The van der Waals surface area contributed by atoms with Crippen molar-refractivity contribution in [2.75, 3.05) is 0 Å². The molecule has 19 heavy (non-hydrogen) atoms.